The van der Waals surface area contributed by atoms with Crippen LogP contribution in [0, 0.1) is 6.92 Å². The van der Waals surface area contributed by atoms with Gasteiger partial charge in [0.2, 0.25) is 0 Å². The van der Waals surface area contributed by atoms with Crippen molar-refractivity contribution in [3.05, 3.63) is 26.7 Å². The summed E-state index contributed by atoms with van der Waals surface area (Å²) in [4.78, 5) is 5.58. The van der Waals surface area contributed by atoms with Crippen molar-refractivity contribution >= 4 is 22.9 Å². The van der Waals surface area contributed by atoms with E-state index in [2.05, 4.69) is 46.1 Å². The van der Waals surface area contributed by atoms with Crippen LogP contribution in [0.2, 0.25) is 0 Å². The van der Waals surface area contributed by atoms with Gasteiger partial charge in [-0.3, -0.25) is 11.3 Å². The Balaban J connectivity index is 2.25. The van der Waals surface area contributed by atoms with Crippen molar-refractivity contribution in [2.75, 3.05) is 0 Å². The maximum absolute atomic E-state index is 5.71. The van der Waals surface area contributed by atoms with E-state index >= 15 is 0 Å². The average molecular weight is 297 g/mol. The van der Waals surface area contributed by atoms with Gasteiger partial charge in [-0.1, -0.05) is 25.3 Å². The van der Waals surface area contributed by atoms with E-state index in [1.54, 1.807) is 11.3 Å². The van der Waals surface area contributed by atoms with Crippen LogP contribution >= 0.6 is 22.9 Å². The molecule has 5 nitrogen and oxygen atoms in total. The minimum atomic E-state index is -0.0323. The molecule has 0 aliphatic heterocycles. The fourth-order valence-electron chi connectivity index (χ4n) is 1.88. The van der Waals surface area contributed by atoms with Crippen molar-refractivity contribution < 1.29 is 0 Å². The Hall–Kier alpha value is -0.890. The van der Waals surface area contributed by atoms with Gasteiger partial charge >= 0.3 is 0 Å². The Morgan fingerprint density at radius 3 is 2.68 bits per heavy atom. The van der Waals surface area contributed by atoms with Crippen LogP contribution in [0.15, 0.2) is 5.38 Å². The fraction of sp³-hybridized carbons (Fsp3) is 0.583. The number of hydrazine groups is 1. The third-order valence-electron chi connectivity index (χ3n) is 2.82. The zero-order valence-corrected chi connectivity index (χ0v) is 13.2. The van der Waals surface area contributed by atoms with E-state index in [1.807, 2.05) is 6.92 Å². The molecular weight excluding hydrogens is 278 g/mol. The molecule has 0 amide bonds. The van der Waals surface area contributed by atoms with Crippen LogP contribution in [0.5, 0.6) is 0 Å². The lowest BCUT2D eigenvalue weighted by Gasteiger charge is -2.20. The first-order valence-electron chi connectivity index (χ1n) is 6.11. The van der Waals surface area contributed by atoms with Gasteiger partial charge in [-0.05, 0) is 18.5 Å². The summed E-state index contributed by atoms with van der Waals surface area (Å²) in [6.45, 7) is 8.41. The first-order valence-corrected chi connectivity index (χ1v) is 7.77. The molecule has 0 aromatic carbocycles. The lowest BCUT2D eigenvalue weighted by Crippen LogP contribution is -2.31. The van der Waals surface area contributed by atoms with Crippen LogP contribution in [0.1, 0.15) is 48.1 Å². The molecule has 0 saturated carbocycles. The number of thiazole rings is 1. The number of nitrogens with zero attached hydrogens (tertiary/aromatic N) is 3. The summed E-state index contributed by atoms with van der Waals surface area (Å²) in [5.74, 6) is 5.71. The number of hydrogen-bond acceptors (Lipinski definition) is 7. The van der Waals surface area contributed by atoms with Crippen molar-refractivity contribution in [1.29, 1.82) is 0 Å². The van der Waals surface area contributed by atoms with E-state index in [0.29, 0.717) is 0 Å². The zero-order chi connectivity index (χ0) is 14.0. The predicted octanol–water partition coefficient (Wildman–Crippen LogP) is 2.35. The van der Waals surface area contributed by atoms with Crippen molar-refractivity contribution in [2.24, 2.45) is 5.84 Å². The number of rotatable bonds is 4. The smallest absolute Gasteiger partial charge is 0.0897 e. The van der Waals surface area contributed by atoms with Crippen molar-refractivity contribution in [1.82, 2.24) is 20.0 Å². The van der Waals surface area contributed by atoms with Gasteiger partial charge in [0.1, 0.15) is 0 Å². The van der Waals surface area contributed by atoms with Gasteiger partial charge in [-0.15, -0.1) is 16.4 Å². The third-order valence-corrected chi connectivity index (χ3v) is 4.48. The van der Waals surface area contributed by atoms with Gasteiger partial charge < -0.3 is 0 Å². The zero-order valence-electron chi connectivity index (χ0n) is 11.6. The summed E-state index contributed by atoms with van der Waals surface area (Å²) < 4.78 is 4.08. The summed E-state index contributed by atoms with van der Waals surface area (Å²) in [5.41, 5.74) is 4.90. The van der Waals surface area contributed by atoms with Crippen LogP contribution in [0.3, 0.4) is 0 Å². The van der Waals surface area contributed by atoms with Crippen LogP contribution in [0.4, 0.5) is 0 Å². The molecule has 0 aliphatic carbocycles. The number of nitrogens with one attached hydrogen (secondary N) is 1. The molecule has 0 fully saturated rings. The topological polar surface area (TPSA) is 76.7 Å². The Labute approximate surface area is 121 Å². The molecule has 1 atom stereocenters. The van der Waals surface area contributed by atoms with Crippen molar-refractivity contribution in [3.63, 3.8) is 0 Å². The Morgan fingerprint density at radius 1 is 1.42 bits per heavy atom. The lowest BCUT2D eigenvalue weighted by atomic mass is 9.89. The summed E-state index contributed by atoms with van der Waals surface area (Å²) in [5, 5.41) is 7.41. The van der Waals surface area contributed by atoms with E-state index in [1.165, 1.54) is 11.5 Å². The molecule has 0 radical (unpaired) electrons. The highest BCUT2D eigenvalue weighted by molar-refractivity contribution is 7.09. The van der Waals surface area contributed by atoms with Crippen molar-refractivity contribution in [3.8, 4) is 0 Å². The molecule has 2 aromatic heterocycles. The number of nitrogens with two attached hydrogens (primary N) is 1. The minimum Gasteiger partial charge on any atom is -0.271 e. The number of aromatic nitrogens is 3. The van der Waals surface area contributed by atoms with E-state index in [9.17, 15) is 0 Å². The molecule has 2 heterocycles. The molecule has 19 heavy (non-hydrogen) atoms. The fourth-order valence-corrected chi connectivity index (χ4v) is 3.43. The molecule has 0 aliphatic rings. The summed E-state index contributed by atoms with van der Waals surface area (Å²) in [6.07, 6.45) is 0.758. The Kier molecular flexibility index (Phi) is 4.29. The molecule has 2 aromatic rings. The predicted molar refractivity (Wildman–Crippen MR) is 79.2 cm³/mol. The minimum absolute atomic E-state index is 0.00993. The molecular formula is C12H19N5S2. The quantitative estimate of drug-likeness (QED) is 0.669. The SMILES string of the molecule is Cc1nc(CC(NN)c2snnc2C(C)(C)C)cs1. The summed E-state index contributed by atoms with van der Waals surface area (Å²) in [6, 6.07) is 0.00993. The maximum atomic E-state index is 5.71. The normalized spacial score (nSPS) is 13.7. The Bertz CT molecular complexity index is 540. The highest BCUT2D eigenvalue weighted by Crippen LogP contribution is 2.31. The van der Waals surface area contributed by atoms with E-state index in [0.717, 1.165) is 27.7 Å². The third kappa shape index (κ3) is 3.36. The van der Waals surface area contributed by atoms with Gasteiger partial charge in [-0.2, -0.15) is 0 Å². The highest BCUT2D eigenvalue weighted by atomic mass is 32.1. The van der Waals surface area contributed by atoms with Gasteiger partial charge in [0.15, 0.2) is 0 Å². The average Bonchev–Trinajstić information content (AvgIpc) is 2.93. The van der Waals surface area contributed by atoms with Gasteiger partial charge in [0, 0.05) is 17.2 Å². The largest absolute Gasteiger partial charge is 0.271 e. The monoisotopic (exact) mass is 297 g/mol. The van der Waals surface area contributed by atoms with Crippen molar-refractivity contribution in [2.45, 2.75) is 45.6 Å². The summed E-state index contributed by atoms with van der Waals surface area (Å²) >= 11 is 3.06. The standard InChI is InChI=1S/C12H19N5S2/c1-7-14-8(6-18-7)5-9(15-13)10-11(12(2,3)4)16-17-19-10/h6,9,15H,5,13H2,1-4H3. The van der Waals surface area contributed by atoms with E-state index < -0.39 is 0 Å². The van der Waals surface area contributed by atoms with Gasteiger partial charge in [0.25, 0.3) is 0 Å². The Morgan fingerprint density at radius 2 is 2.16 bits per heavy atom. The van der Waals surface area contributed by atoms with Crippen LogP contribution < -0.4 is 11.3 Å². The molecule has 7 heteroatoms. The van der Waals surface area contributed by atoms with Gasteiger partial charge in [0.05, 0.1) is 27.3 Å². The first-order chi connectivity index (χ1) is 8.91. The van der Waals surface area contributed by atoms with Crippen LogP contribution in [-0.2, 0) is 11.8 Å². The van der Waals surface area contributed by atoms with Crippen LogP contribution in [0.25, 0.3) is 0 Å². The second-order valence-corrected chi connectivity index (χ2v) is 7.36. The van der Waals surface area contributed by atoms with Gasteiger partial charge in [-0.25, -0.2) is 4.98 Å². The molecule has 104 valence electrons. The number of aryl methyl sites for hydroxylation is 1. The second-order valence-electron chi connectivity index (χ2n) is 5.52. The highest BCUT2D eigenvalue weighted by Gasteiger charge is 2.27. The number of hydrogen-bond donors (Lipinski definition) is 2. The molecule has 0 spiro atoms. The first kappa shape index (κ1) is 14.5. The maximum Gasteiger partial charge on any atom is 0.0897 e. The molecule has 0 bridgehead atoms. The summed E-state index contributed by atoms with van der Waals surface area (Å²) in [7, 11) is 0. The molecule has 3 N–H and O–H groups in total. The second kappa shape index (κ2) is 5.62. The van der Waals surface area contributed by atoms with E-state index in [4.69, 9.17) is 5.84 Å². The molecule has 1 unspecified atom stereocenters. The lowest BCUT2D eigenvalue weighted by molar-refractivity contribution is 0.513. The van der Waals surface area contributed by atoms with E-state index in [-0.39, 0.29) is 11.5 Å². The molecule has 2 rings (SSSR count). The van der Waals surface area contributed by atoms with Crippen LogP contribution in [-0.4, -0.2) is 14.6 Å². The molecule has 0 saturated heterocycles.